The molecular formula is C17H26O2. The highest BCUT2D eigenvalue weighted by Crippen LogP contribution is 2.38. The third-order valence-corrected chi connectivity index (χ3v) is 4.01. The van der Waals surface area contributed by atoms with Gasteiger partial charge in [-0.05, 0) is 11.5 Å². The van der Waals surface area contributed by atoms with Gasteiger partial charge in [-0.15, -0.1) is 0 Å². The van der Waals surface area contributed by atoms with Gasteiger partial charge in [-0.25, -0.2) is 0 Å². The molecule has 3 atom stereocenters. The largest absolute Gasteiger partial charge is 0.351 e. The Labute approximate surface area is 117 Å². The number of benzene rings is 1. The summed E-state index contributed by atoms with van der Waals surface area (Å²) in [5, 5.41) is 0. The van der Waals surface area contributed by atoms with Crippen molar-refractivity contribution in [2.75, 3.05) is 6.61 Å². The third kappa shape index (κ3) is 3.18. The standard InChI is InChI=1S/C17H26O2/c1-12(2)15-17(4,5)11-18-16(19-15)13(3)14-9-7-6-8-10-14/h6-10,12-13,15-16H,11H2,1-5H3/t13-,15+,16+/m0/s1. The Morgan fingerprint density at radius 2 is 1.74 bits per heavy atom. The van der Waals surface area contributed by atoms with E-state index in [0.29, 0.717) is 5.92 Å². The van der Waals surface area contributed by atoms with Crippen LogP contribution in [-0.4, -0.2) is 19.0 Å². The molecule has 0 aliphatic carbocycles. The van der Waals surface area contributed by atoms with E-state index in [1.807, 2.05) is 6.07 Å². The zero-order valence-electron chi connectivity index (χ0n) is 12.7. The second kappa shape index (κ2) is 5.64. The van der Waals surface area contributed by atoms with Crippen LogP contribution >= 0.6 is 0 Å². The number of ether oxygens (including phenoxy) is 2. The fourth-order valence-electron chi connectivity index (χ4n) is 2.98. The van der Waals surface area contributed by atoms with Crippen LogP contribution in [0, 0.1) is 11.3 Å². The highest BCUT2D eigenvalue weighted by atomic mass is 16.7. The van der Waals surface area contributed by atoms with E-state index < -0.39 is 0 Å². The van der Waals surface area contributed by atoms with Gasteiger partial charge in [-0.3, -0.25) is 0 Å². The van der Waals surface area contributed by atoms with E-state index >= 15 is 0 Å². The van der Waals surface area contributed by atoms with Crippen LogP contribution in [0.1, 0.15) is 46.1 Å². The van der Waals surface area contributed by atoms with Crippen molar-refractivity contribution in [2.24, 2.45) is 11.3 Å². The second-order valence-corrected chi connectivity index (χ2v) is 6.67. The molecule has 19 heavy (non-hydrogen) atoms. The van der Waals surface area contributed by atoms with E-state index in [1.54, 1.807) is 0 Å². The van der Waals surface area contributed by atoms with Crippen LogP contribution in [0.15, 0.2) is 30.3 Å². The molecule has 2 rings (SSSR count). The molecular weight excluding hydrogens is 236 g/mol. The van der Waals surface area contributed by atoms with Gasteiger partial charge in [-0.2, -0.15) is 0 Å². The van der Waals surface area contributed by atoms with Crippen molar-refractivity contribution in [1.82, 2.24) is 0 Å². The van der Waals surface area contributed by atoms with Crippen LogP contribution < -0.4 is 0 Å². The average Bonchev–Trinajstić information content (AvgIpc) is 2.38. The lowest BCUT2D eigenvalue weighted by Crippen LogP contribution is -2.49. The Morgan fingerprint density at radius 1 is 1.11 bits per heavy atom. The molecule has 1 aromatic rings. The van der Waals surface area contributed by atoms with Crippen LogP contribution in [0.2, 0.25) is 0 Å². The van der Waals surface area contributed by atoms with Gasteiger partial charge in [-0.1, -0.05) is 65.0 Å². The summed E-state index contributed by atoms with van der Waals surface area (Å²) in [6.07, 6.45) is 0.111. The maximum Gasteiger partial charge on any atom is 0.164 e. The molecule has 0 amide bonds. The van der Waals surface area contributed by atoms with Crippen molar-refractivity contribution in [3.63, 3.8) is 0 Å². The molecule has 2 heteroatoms. The molecule has 0 bridgehead atoms. The summed E-state index contributed by atoms with van der Waals surface area (Å²) >= 11 is 0. The SMILES string of the molecule is CC(C)[C@H]1O[C@H]([C@@H](C)c2ccccc2)OCC1(C)C. The predicted molar refractivity (Wildman–Crippen MR) is 78.1 cm³/mol. The van der Waals surface area contributed by atoms with Gasteiger partial charge < -0.3 is 9.47 Å². The number of hydrogen-bond donors (Lipinski definition) is 0. The third-order valence-electron chi connectivity index (χ3n) is 4.01. The van der Waals surface area contributed by atoms with Crippen LogP contribution in [0.25, 0.3) is 0 Å². The molecule has 1 saturated heterocycles. The minimum absolute atomic E-state index is 0.0844. The Balaban J connectivity index is 2.11. The van der Waals surface area contributed by atoms with Crippen LogP contribution in [0.5, 0.6) is 0 Å². The molecule has 0 spiro atoms. The smallest absolute Gasteiger partial charge is 0.164 e. The summed E-state index contributed by atoms with van der Waals surface area (Å²) in [6.45, 7) is 11.8. The van der Waals surface area contributed by atoms with Crippen molar-refractivity contribution in [2.45, 2.75) is 52.9 Å². The molecule has 1 aliphatic rings. The summed E-state index contributed by atoms with van der Waals surface area (Å²) in [4.78, 5) is 0. The highest BCUT2D eigenvalue weighted by Gasteiger charge is 2.41. The fourth-order valence-corrected chi connectivity index (χ4v) is 2.98. The van der Waals surface area contributed by atoms with Crippen molar-refractivity contribution >= 4 is 0 Å². The molecule has 1 heterocycles. The van der Waals surface area contributed by atoms with Gasteiger partial charge >= 0.3 is 0 Å². The summed E-state index contributed by atoms with van der Waals surface area (Å²) < 4.78 is 12.2. The van der Waals surface area contributed by atoms with Crippen molar-refractivity contribution < 1.29 is 9.47 Å². The maximum absolute atomic E-state index is 6.26. The van der Waals surface area contributed by atoms with Gasteiger partial charge in [0, 0.05) is 11.3 Å². The lowest BCUT2D eigenvalue weighted by Gasteiger charge is -2.45. The summed E-state index contributed by atoms with van der Waals surface area (Å²) in [5.41, 5.74) is 1.36. The molecule has 1 aromatic carbocycles. The van der Waals surface area contributed by atoms with Crippen molar-refractivity contribution in [3.8, 4) is 0 Å². The molecule has 0 unspecified atom stereocenters. The molecule has 2 nitrogen and oxygen atoms in total. The lowest BCUT2D eigenvalue weighted by molar-refractivity contribution is -0.275. The number of rotatable bonds is 3. The van der Waals surface area contributed by atoms with Crippen LogP contribution in [-0.2, 0) is 9.47 Å². The summed E-state index contributed by atoms with van der Waals surface area (Å²) in [6, 6.07) is 10.5. The minimum atomic E-state index is -0.136. The average molecular weight is 262 g/mol. The van der Waals surface area contributed by atoms with Gasteiger partial charge in [0.2, 0.25) is 0 Å². The summed E-state index contributed by atoms with van der Waals surface area (Å²) in [5.74, 6) is 0.767. The van der Waals surface area contributed by atoms with E-state index in [2.05, 4.69) is 58.9 Å². The topological polar surface area (TPSA) is 18.5 Å². The number of hydrogen-bond acceptors (Lipinski definition) is 2. The first kappa shape index (κ1) is 14.5. The molecule has 0 saturated carbocycles. The van der Waals surface area contributed by atoms with Gasteiger partial charge in [0.15, 0.2) is 6.29 Å². The highest BCUT2D eigenvalue weighted by molar-refractivity contribution is 5.19. The maximum atomic E-state index is 6.26. The molecule has 106 valence electrons. The molecule has 1 fully saturated rings. The van der Waals surface area contributed by atoms with Gasteiger partial charge in [0.25, 0.3) is 0 Å². The molecule has 0 aromatic heterocycles. The van der Waals surface area contributed by atoms with Gasteiger partial charge in [0.1, 0.15) is 0 Å². The van der Waals surface area contributed by atoms with E-state index in [-0.39, 0.29) is 23.7 Å². The van der Waals surface area contributed by atoms with E-state index in [4.69, 9.17) is 9.47 Å². The zero-order chi connectivity index (χ0) is 14.0. The molecule has 1 aliphatic heterocycles. The monoisotopic (exact) mass is 262 g/mol. The van der Waals surface area contributed by atoms with E-state index in [9.17, 15) is 0 Å². The first-order valence-corrected chi connectivity index (χ1v) is 7.24. The predicted octanol–water partition coefficient (Wildman–Crippen LogP) is 4.21. The normalized spacial score (nSPS) is 28.3. The Kier molecular flexibility index (Phi) is 4.32. The first-order chi connectivity index (χ1) is 8.92. The Morgan fingerprint density at radius 3 is 2.32 bits per heavy atom. The summed E-state index contributed by atoms with van der Waals surface area (Å²) in [7, 11) is 0. The van der Waals surface area contributed by atoms with Crippen LogP contribution in [0.3, 0.4) is 0 Å². The second-order valence-electron chi connectivity index (χ2n) is 6.67. The fraction of sp³-hybridized carbons (Fsp3) is 0.647. The molecule has 0 N–H and O–H groups in total. The van der Waals surface area contributed by atoms with Crippen molar-refractivity contribution in [3.05, 3.63) is 35.9 Å². The zero-order valence-corrected chi connectivity index (χ0v) is 12.7. The van der Waals surface area contributed by atoms with Crippen molar-refractivity contribution in [1.29, 1.82) is 0 Å². The minimum Gasteiger partial charge on any atom is -0.351 e. The quantitative estimate of drug-likeness (QED) is 0.812. The van der Waals surface area contributed by atoms with Gasteiger partial charge in [0.05, 0.1) is 12.7 Å². The van der Waals surface area contributed by atoms with E-state index in [0.717, 1.165) is 6.61 Å². The Hall–Kier alpha value is -0.860. The molecule has 0 radical (unpaired) electrons. The first-order valence-electron chi connectivity index (χ1n) is 7.24. The van der Waals surface area contributed by atoms with E-state index in [1.165, 1.54) is 5.56 Å². The lowest BCUT2D eigenvalue weighted by atomic mass is 9.80. The van der Waals surface area contributed by atoms with Crippen LogP contribution in [0.4, 0.5) is 0 Å². The Bertz CT molecular complexity index is 397.